The Labute approximate surface area is 199 Å². The zero-order valence-corrected chi connectivity index (χ0v) is 19.0. The Bertz CT molecular complexity index is 1640. The first-order chi connectivity index (χ1) is 16.7. The maximum Gasteiger partial charge on any atom is 0.416 e. The van der Waals surface area contributed by atoms with Crippen LogP contribution in [0.25, 0.3) is 27.7 Å². The van der Waals surface area contributed by atoms with Gasteiger partial charge in [-0.3, -0.25) is 4.79 Å². The van der Waals surface area contributed by atoms with Gasteiger partial charge in [-0.1, -0.05) is 25.1 Å². The summed E-state index contributed by atoms with van der Waals surface area (Å²) in [5.74, 6) is -0.939. The van der Waals surface area contributed by atoms with Gasteiger partial charge < -0.3 is 0 Å². The van der Waals surface area contributed by atoms with E-state index in [1.54, 1.807) is 0 Å². The topological polar surface area (TPSA) is 81.9 Å². The van der Waals surface area contributed by atoms with Crippen LogP contribution in [0.1, 0.15) is 18.1 Å². The molecule has 6 nitrogen and oxygen atoms in total. The van der Waals surface area contributed by atoms with Crippen LogP contribution in [0.3, 0.4) is 0 Å². The van der Waals surface area contributed by atoms with E-state index >= 15 is 0 Å². The molecule has 4 rings (SSSR count). The van der Waals surface area contributed by atoms with Gasteiger partial charge in [0.25, 0.3) is 5.56 Å². The Morgan fingerprint density at radius 2 is 1.53 bits per heavy atom. The van der Waals surface area contributed by atoms with Crippen molar-refractivity contribution in [2.45, 2.75) is 24.2 Å². The molecule has 2 aromatic heterocycles. The highest BCUT2D eigenvalue weighted by molar-refractivity contribution is 7.91. The minimum atomic E-state index is -4.73. The maximum atomic E-state index is 13.2. The number of alkyl halides is 6. The molecule has 0 spiro atoms. The van der Waals surface area contributed by atoms with Gasteiger partial charge in [-0.25, -0.2) is 13.4 Å². The number of rotatable bonds is 4. The van der Waals surface area contributed by atoms with Crippen molar-refractivity contribution in [2.75, 3.05) is 5.75 Å². The lowest BCUT2D eigenvalue weighted by atomic mass is 10.0. The van der Waals surface area contributed by atoms with Crippen molar-refractivity contribution in [3.8, 4) is 16.9 Å². The number of sulfone groups is 1. The number of halogens is 6. The van der Waals surface area contributed by atoms with E-state index in [9.17, 15) is 39.6 Å². The molecular weight excluding hydrogens is 512 g/mol. The van der Waals surface area contributed by atoms with Crippen LogP contribution in [-0.2, 0) is 22.2 Å². The quantitative estimate of drug-likeness (QED) is 0.338. The Hall–Kier alpha value is -3.74. The summed E-state index contributed by atoms with van der Waals surface area (Å²) in [6, 6.07) is 7.66. The minimum Gasteiger partial charge on any atom is -0.267 e. The number of aromatic nitrogens is 3. The van der Waals surface area contributed by atoms with Crippen LogP contribution in [0.2, 0.25) is 0 Å². The molecule has 188 valence electrons. The van der Waals surface area contributed by atoms with Gasteiger partial charge in [0, 0.05) is 17.1 Å². The molecular formula is C23H15F6N3O3S. The number of fused-ring (bicyclic) bond motifs is 1. The van der Waals surface area contributed by atoms with Crippen LogP contribution in [0, 0.1) is 0 Å². The fourth-order valence-corrected chi connectivity index (χ4v) is 4.52. The second kappa shape index (κ2) is 8.73. The lowest BCUT2D eigenvalue weighted by molar-refractivity contribution is -0.138. The number of pyridine rings is 1. The molecule has 0 aliphatic carbocycles. The fourth-order valence-electron chi connectivity index (χ4n) is 3.48. The summed E-state index contributed by atoms with van der Waals surface area (Å²) < 4.78 is 105. The summed E-state index contributed by atoms with van der Waals surface area (Å²) in [6.07, 6.45) is -7.22. The second-order valence-electron chi connectivity index (χ2n) is 7.69. The summed E-state index contributed by atoms with van der Waals surface area (Å²) in [4.78, 5) is 16.5. The van der Waals surface area contributed by atoms with E-state index in [4.69, 9.17) is 0 Å². The largest absolute Gasteiger partial charge is 0.416 e. The number of hydrogen-bond donors (Lipinski definition) is 0. The molecule has 0 bridgehead atoms. The average molecular weight is 527 g/mol. The van der Waals surface area contributed by atoms with Crippen LogP contribution < -0.4 is 5.56 Å². The van der Waals surface area contributed by atoms with E-state index in [0.29, 0.717) is 10.7 Å². The van der Waals surface area contributed by atoms with E-state index in [1.165, 1.54) is 13.0 Å². The third kappa shape index (κ3) is 4.70. The van der Waals surface area contributed by atoms with Gasteiger partial charge in [0.1, 0.15) is 4.90 Å². The average Bonchev–Trinajstić information content (AvgIpc) is 2.83. The molecule has 0 aliphatic heterocycles. The first-order valence-corrected chi connectivity index (χ1v) is 11.9. The van der Waals surface area contributed by atoms with Crippen molar-refractivity contribution in [3.05, 3.63) is 82.4 Å². The summed E-state index contributed by atoms with van der Waals surface area (Å²) in [5, 5.41) is 3.59. The van der Waals surface area contributed by atoms with Crippen LogP contribution in [0.5, 0.6) is 0 Å². The van der Waals surface area contributed by atoms with Gasteiger partial charge in [0.15, 0.2) is 15.7 Å². The van der Waals surface area contributed by atoms with E-state index in [0.717, 1.165) is 48.8 Å². The maximum absolute atomic E-state index is 13.2. The highest BCUT2D eigenvalue weighted by Crippen LogP contribution is 2.34. The molecule has 0 amide bonds. The first-order valence-electron chi connectivity index (χ1n) is 10.2. The predicted octanol–water partition coefficient (Wildman–Crippen LogP) is 5.28. The molecule has 0 saturated heterocycles. The van der Waals surface area contributed by atoms with Crippen molar-refractivity contribution < 1.29 is 34.8 Å². The lowest BCUT2D eigenvalue weighted by Gasteiger charge is -2.14. The summed E-state index contributed by atoms with van der Waals surface area (Å²) in [6.45, 7) is 1.31. The molecule has 0 saturated carbocycles. The Kier molecular flexibility index (Phi) is 6.15. The Morgan fingerprint density at radius 3 is 2.17 bits per heavy atom. The van der Waals surface area contributed by atoms with Crippen molar-refractivity contribution >= 4 is 20.6 Å². The van der Waals surface area contributed by atoms with Gasteiger partial charge in [-0.15, -0.1) is 0 Å². The smallest absolute Gasteiger partial charge is 0.267 e. The Balaban J connectivity index is 1.95. The summed E-state index contributed by atoms with van der Waals surface area (Å²) in [7, 11) is -4.11. The van der Waals surface area contributed by atoms with E-state index in [-0.39, 0.29) is 21.9 Å². The van der Waals surface area contributed by atoms with Crippen molar-refractivity contribution in [1.82, 2.24) is 14.8 Å². The van der Waals surface area contributed by atoms with Gasteiger partial charge in [-0.05, 0) is 35.9 Å². The standard InChI is InChI=1S/C23H15F6N3O3S/c1-2-36(34,35)19-9-15(13-4-3-5-16(8-13)22(24,25)26)11-30-20(19)32-21(33)18-10-17(23(27,28)29)7-6-14(18)12-31-32/h3-12H,2H2,1H3. The van der Waals surface area contributed by atoms with Gasteiger partial charge in [-0.2, -0.15) is 36.1 Å². The van der Waals surface area contributed by atoms with Crippen LogP contribution in [0.4, 0.5) is 26.3 Å². The lowest BCUT2D eigenvalue weighted by Crippen LogP contribution is -2.25. The highest BCUT2D eigenvalue weighted by atomic mass is 32.2. The molecule has 2 heterocycles. The molecule has 0 N–H and O–H groups in total. The number of nitrogens with zero attached hydrogens (tertiary/aromatic N) is 3. The number of benzene rings is 2. The molecule has 0 fully saturated rings. The molecule has 0 aliphatic rings. The van der Waals surface area contributed by atoms with Crippen LogP contribution >= 0.6 is 0 Å². The SMILES string of the molecule is CCS(=O)(=O)c1cc(-c2cccc(C(F)(F)F)c2)cnc1-n1ncc2ccc(C(F)(F)F)cc2c1=O. The van der Waals surface area contributed by atoms with Gasteiger partial charge in [0.2, 0.25) is 0 Å². The molecule has 4 aromatic rings. The van der Waals surface area contributed by atoms with Gasteiger partial charge in [0.05, 0.1) is 28.5 Å². The highest BCUT2D eigenvalue weighted by Gasteiger charge is 2.32. The first kappa shape index (κ1) is 25.4. The van der Waals surface area contributed by atoms with Crippen molar-refractivity contribution in [2.24, 2.45) is 0 Å². The van der Waals surface area contributed by atoms with E-state index in [1.807, 2.05) is 0 Å². The van der Waals surface area contributed by atoms with Crippen molar-refractivity contribution in [3.63, 3.8) is 0 Å². The zero-order chi connectivity index (χ0) is 26.5. The van der Waals surface area contributed by atoms with E-state index in [2.05, 4.69) is 10.1 Å². The van der Waals surface area contributed by atoms with Crippen LogP contribution in [-0.4, -0.2) is 28.9 Å². The zero-order valence-electron chi connectivity index (χ0n) is 18.2. The normalized spacial score (nSPS) is 12.8. The van der Waals surface area contributed by atoms with E-state index < -0.39 is 55.3 Å². The molecule has 13 heteroatoms. The summed E-state index contributed by atoms with van der Waals surface area (Å²) >= 11 is 0. The van der Waals surface area contributed by atoms with Crippen LogP contribution in [0.15, 0.2) is 70.6 Å². The second-order valence-corrected chi connectivity index (χ2v) is 9.94. The molecule has 36 heavy (non-hydrogen) atoms. The summed E-state index contributed by atoms with van der Waals surface area (Å²) in [5.41, 5.74) is -3.06. The van der Waals surface area contributed by atoms with Gasteiger partial charge >= 0.3 is 12.4 Å². The minimum absolute atomic E-state index is 0.0186. The predicted molar refractivity (Wildman–Crippen MR) is 118 cm³/mol. The third-order valence-electron chi connectivity index (χ3n) is 5.39. The number of hydrogen-bond acceptors (Lipinski definition) is 5. The monoisotopic (exact) mass is 527 g/mol. The molecule has 2 aromatic carbocycles. The van der Waals surface area contributed by atoms with Crippen molar-refractivity contribution in [1.29, 1.82) is 0 Å². The molecule has 0 unspecified atom stereocenters. The third-order valence-corrected chi connectivity index (χ3v) is 7.12. The Morgan fingerprint density at radius 1 is 0.861 bits per heavy atom. The molecule has 0 atom stereocenters. The molecule has 0 radical (unpaired) electrons. The fraction of sp³-hybridized carbons (Fsp3) is 0.174.